The number of benzene rings is 2. The summed E-state index contributed by atoms with van der Waals surface area (Å²) in [5, 5.41) is 5.29. The SMILES string of the molecule is CCCC1CCN(c2ccc(N/C=C3/C(=O)Nc4cccc(F)c43)cc2C(F)(F)F)CC1. The van der Waals surface area contributed by atoms with Gasteiger partial charge in [-0.15, -0.1) is 0 Å². The molecule has 2 heterocycles. The van der Waals surface area contributed by atoms with Gasteiger partial charge in [0.05, 0.1) is 16.8 Å². The standard InChI is InChI=1S/C24H25F4N3O/c1-2-4-15-9-11-31(12-10-15)21-8-7-16(13-18(21)24(26,27)28)29-14-17-22-19(25)5-3-6-20(22)30-23(17)32/h3,5-8,13-15,29H,2,4,9-12H2,1H3,(H,30,32)/b17-14+. The van der Waals surface area contributed by atoms with Crippen molar-refractivity contribution in [2.75, 3.05) is 28.6 Å². The van der Waals surface area contributed by atoms with Crippen LogP contribution in [0.1, 0.15) is 43.7 Å². The molecule has 2 aliphatic heterocycles. The second kappa shape index (κ2) is 8.84. The van der Waals surface area contributed by atoms with E-state index in [4.69, 9.17) is 0 Å². The Morgan fingerprint density at radius 3 is 2.62 bits per heavy atom. The van der Waals surface area contributed by atoms with Crippen LogP contribution >= 0.6 is 0 Å². The molecule has 0 saturated carbocycles. The fourth-order valence-corrected chi connectivity index (χ4v) is 4.50. The molecule has 8 heteroatoms. The maximum Gasteiger partial charge on any atom is 0.418 e. The van der Waals surface area contributed by atoms with Crippen LogP contribution in [-0.2, 0) is 11.0 Å². The van der Waals surface area contributed by atoms with Gasteiger partial charge in [0, 0.05) is 36.2 Å². The highest BCUT2D eigenvalue weighted by atomic mass is 19.4. The first-order chi connectivity index (χ1) is 15.3. The van der Waals surface area contributed by atoms with Gasteiger partial charge in [0.25, 0.3) is 5.91 Å². The Kier molecular flexibility index (Phi) is 6.13. The van der Waals surface area contributed by atoms with Gasteiger partial charge >= 0.3 is 6.18 Å². The predicted octanol–water partition coefficient (Wildman–Crippen LogP) is 6.27. The number of halogens is 4. The largest absolute Gasteiger partial charge is 0.418 e. The second-order valence-corrected chi connectivity index (χ2v) is 8.27. The van der Waals surface area contributed by atoms with Crippen molar-refractivity contribution in [2.24, 2.45) is 5.92 Å². The highest BCUT2D eigenvalue weighted by molar-refractivity contribution is 6.31. The average Bonchev–Trinajstić information content (AvgIpc) is 3.08. The van der Waals surface area contributed by atoms with E-state index in [9.17, 15) is 22.4 Å². The lowest BCUT2D eigenvalue weighted by atomic mass is 9.92. The smallest absolute Gasteiger partial charge is 0.371 e. The fourth-order valence-electron chi connectivity index (χ4n) is 4.50. The lowest BCUT2D eigenvalue weighted by molar-refractivity contribution is -0.137. The molecular formula is C24H25F4N3O. The highest BCUT2D eigenvalue weighted by Crippen LogP contribution is 2.40. The van der Waals surface area contributed by atoms with E-state index in [1.54, 1.807) is 17.0 Å². The Hall–Kier alpha value is -3.03. The van der Waals surface area contributed by atoms with Gasteiger partial charge in [-0.1, -0.05) is 25.8 Å². The van der Waals surface area contributed by atoms with Crippen molar-refractivity contribution in [2.45, 2.75) is 38.8 Å². The normalized spacial score (nSPS) is 18.1. The Morgan fingerprint density at radius 2 is 1.94 bits per heavy atom. The molecule has 2 N–H and O–H groups in total. The number of nitrogens with one attached hydrogen (secondary N) is 2. The molecule has 0 radical (unpaired) electrons. The number of anilines is 3. The minimum atomic E-state index is -4.52. The molecule has 4 rings (SSSR count). The van der Waals surface area contributed by atoms with E-state index in [0.29, 0.717) is 24.7 Å². The van der Waals surface area contributed by atoms with Gasteiger partial charge < -0.3 is 15.5 Å². The molecule has 0 aromatic heterocycles. The predicted molar refractivity (Wildman–Crippen MR) is 118 cm³/mol. The summed E-state index contributed by atoms with van der Waals surface area (Å²) in [5.74, 6) is -0.522. The van der Waals surface area contributed by atoms with Crippen LogP contribution in [0, 0.1) is 11.7 Å². The molecule has 0 atom stereocenters. The van der Waals surface area contributed by atoms with Gasteiger partial charge in [-0.3, -0.25) is 4.79 Å². The molecule has 4 nitrogen and oxygen atoms in total. The molecule has 32 heavy (non-hydrogen) atoms. The third-order valence-corrected chi connectivity index (χ3v) is 6.11. The Balaban J connectivity index is 1.58. The van der Waals surface area contributed by atoms with Crippen LogP contribution in [0.25, 0.3) is 5.57 Å². The second-order valence-electron chi connectivity index (χ2n) is 8.27. The third-order valence-electron chi connectivity index (χ3n) is 6.11. The number of rotatable bonds is 5. The summed E-state index contributed by atoms with van der Waals surface area (Å²) in [6.07, 6.45) is 0.684. The average molecular weight is 447 g/mol. The first-order valence-electron chi connectivity index (χ1n) is 10.8. The maximum absolute atomic E-state index is 14.2. The van der Waals surface area contributed by atoms with E-state index in [2.05, 4.69) is 17.6 Å². The van der Waals surface area contributed by atoms with E-state index in [1.165, 1.54) is 24.4 Å². The molecule has 0 unspecified atom stereocenters. The van der Waals surface area contributed by atoms with Crippen LogP contribution in [0.15, 0.2) is 42.6 Å². The molecule has 1 amide bonds. The maximum atomic E-state index is 14.2. The van der Waals surface area contributed by atoms with E-state index in [1.807, 2.05) is 0 Å². The van der Waals surface area contributed by atoms with Gasteiger partial charge in [0.2, 0.25) is 0 Å². The first-order valence-corrected chi connectivity index (χ1v) is 10.8. The van der Waals surface area contributed by atoms with Crippen molar-refractivity contribution in [1.29, 1.82) is 0 Å². The minimum Gasteiger partial charge on any atom is -0.371 e. The van der Waals surface area contributed by atoms with Crippen LogP contribution in [0.2, 0.25) is 0 Å². The Morgan fingerprint density at radius 1 is 1.19 bits per heavy atom. The summed E-state index contributed by atoms with van der Waals surface area (Å²) in [6.45, 7) is 3.32. The van der Waals surface area contributed by atoms with Crippen LogP contribution < -0.4 is 15.5 Å². The highest BCUT2D eigenvalue weighted by Gasteiger charge is 2.36. The summed E-state index contributed by atoms with van der Waals surface area (Å²) in [6, 6.07) is 8.33. The molecule has 0 bridgehead atoms. The lowest BCUT2D eigenvalue weighted by Crippen LogP contribution is -2.35. The van der Waals surface area contributed by atoms with Gasteiger partial charge in [0.15, 0.2) is 0 Å². The summed E-state index contributed by atoms with van der Waals surface area (Å²) in [4.78, 5) is 14.0. The summed E-state index contributed by atoms with van der Waals surface area (Å²) in [5.41, 5.74) is 0.0900. The van der Waals surface area contributed by atoms with Crippen molar-refractivity contribution in [3.8, 4) is 0 Å². The number of carbonyl (C=O) groups excluding carboxylic acids is 1. The van der Waals surface area contributed by atoms with Crippen molar-refractivity contribution in [3.05, 3.63) is 59.5 Å². The molecule has 2 aromatic rings. The van der Waals surface area contributed by atoms with E-state index < -0.39 is 23.5 Å². The zero-order chi connectivity index (χ0) is 22.9. The first kappa shape index (κ1) is 22.2. The van der Waals surface area contributed by atoms with Crippen LogP contribution in [-0.4, -0.2) is 19.0 Å². The van der Waals surface area contributed by atoms with E-state index in [0.717, 1.165) is 31.7 Å². The van der Waals surface area contributed by atoms with E-state index in [-0.39, 0.29) is 22.5 Å². The van der Waals surface area contributed by atoms with Gasteiger partial charge in [-0.2, -0.15) is 13.2 Å². The monoisotopic (exact) mass is 447 g/mol. The fraction of sp³-hybridized carbons (Fsp3) is 0.375. The molecule has 0 spiro atoms. The Labute approximate surface area is 184 Å². The third kappa shape index (κ3) is 4.45. The number of hydrogen-bond donors (Lipinski definition) is 2. The van der Waals surface area contributed by atoms with Crippen LogP contribution in [0.5, 0.6) is 0 Å². The number of piperidine rings is 1. The van der Waals surface area contributed by atoms with Crippen molar-refractivity contribution in [3.63, 3.8) is 0 Å². The Bertz CT molecular complexity index is 1040. The van der Waals surface area contributed by atoms with Crippen molar-refractivity contribution < 1.29 is 22.4 Å². The number of carbonyl (C=O) groups is 1. The van der Waals surface area contributed by atoms with Gasteiger partial charge in [0.1, 0.15) is 5.82 Å². The molecule has 0 aliphatic carbocycles. The summed E-state index contributed by atoms with van der Waals surface area (Å²) < 4.78 is 55.7. The van der Waals surface area contributed by atoms with Crippen LogP contribution in [0.3, 0.4) is 0 Å². The number of fused-ring (bicyclic) bond motifs is 1. The zero-order valence-corrected chi connectivity index (χ0v) is 17.7. The summed E-state index contributed by atoms with van der Waals surface area (Å²) >= 11 is 0. The number of amides is 1. The van der Waals surface area contributed by atoms with Crippen molar-refractivity contribution in [1.82, 2.24) is 0 Å². The minimum absolute atomic E-state index is 0.0359. The summed E-state index contributed by atoms with van der Waals surface area (Å²) in [7, 11) is 0. The molecule has 1 fully saturated rings. The molecule has 2 aromatic carbocycles. The zero-order valence-electron chi connectivity index (χ0n) is 17.7. The molecule has 2 aliphatic rings. The number of alkyl halides is 3. The van der Waals surface area contributed by atoms with Crippen LogP contribution in [0.4, 0.5) is 34.6 Å². The van der Waals surface area contributed by atoms with Gasteiger partial charge in [-0.25, -0.2) is 4.39 Å². The molecular weight excluding hydrogens is 422 g/mol. The molecule has 170 valence electrons. The number of hydrogen-bond acceptors (Lipinski definition) is 3. The quantitative estimate of drug-likeness (QED) is 0.420. The van der Waals surface area contributed by atoms with Gasteiger partial charge in [-0.05, 0) is 49.1 Å². The topological polar surface area (TPSA) is 44.4 Å². The number of nitrogens with zero attached hydrogens (tertiary/aromatic N) is 1. The van der Waals surface area contributed by atoms with E-state index >= 15 is 0 Å². The lowest BCUT2D eigenvalue weighted by Gasteiger charge is -2.35. The molecule has 1 saturated heterocycles. The van der Waals surface area contributed by atoms with Crippen molar-refractivity contribution >= 4 is 28.5 Å².